The van der Waals surface area contributed by atoms with E-state index < -0.39 is 0 Å². The molecular formula is C17H21N3. The van der Waals surface area contributed by atoms with Gasteiger partial charge in [0.15, 0.2) is 0 Å². The number of nitrogens with zero attached hydrogens (tertiary/aromatic N) is 1. The maximum atomic E-state index is 4.09. The Hall–Kier alpha value is -1.71. The molecule has 2 atom stereocenters. The molecule has 0 spiro atoms. The molecule has 1 aliphatic heterocycles. The molecule has 3 rings (SSSR count). The van der Waals surface area contributed by atoms with E-state index in [1.165, 1.54) is 16.7 Å². The van der Waals surface area contributed by atoms with Gasteiger partial charge in [-0.3, -0.25) is 4.98 Å². The molecule has 1 aliphatic rings. The van der Waals surface area contributed by atoms with Crippen LogP contribution in [0.4, 0.5) is 0 Å². The second kappa shape index (κ2) is 6.16. The summed E-state index contributed by atoms with van der Waals surface area (Å²) in [5.74, 6) is 0. The Bertz CT molecular complexity index is 553. The second-order valence-electron chi connectivity index (χ2n) is 5.39. The number of aromatic nitrogens is 1. The SMILES string of the molecule is C[C@@H](NC1CCNCc2ccccc21)c1ccncc1. The Morgan fingerprint density at radius 2 is 2.00 bits per heavy atom. The molecule has 20 heavy (non-hydrogen) atoms. The molecule has 0 bridgehead atoms. The summed E-state index contributed by atoms with van der Waals surface area (Å²) in [7, 11) is 0. The van der Waals surface area contributed by atoms with Crippen LogP contribution in [0.5, 0.6) is 0 Å². The minimum Gasteiger partial charge on any atom is -0.313 e. The van der Waals surface area contributed by atoms with Crippen molar-refractivity contribution in [1.29, 1.82) is 0 Å². The smallest absolute Gasteiger partial charge is 0.0340 e. The highest BCUT2D eigenvalue weighted by Gasteiger charge is 2.19. The minimum atomic E-state index is 0.328. The van der Waals surface area contributed by atoms with Crippen LogP contribution in [0.1, 0.15) is 42.1 Å². The third kappa shape index (κ3) is 2.89. The Morgan fingerprint density at radius 3 is 2.85 bits per heavy atom. The highest BCUT2D eigenvalue weighted by molar-refractivity contribution is 5.31. The molecule has 3 nitrogen and oxygen atoms in total. The van der Waals surface area contributed by atoms with Gasteiger partial charge in [0.1, 0.15) is 0 Å². The predicted molar refractivity (Wildman–Crippen MR) is 81.3 cm³/mol. The van der Waals surface area contributed by atoms with Gasteiger partial charge in [0, 0.05) is 31.0 Å². The molecule has 2 aromatic rings. The summed E-state index contributed by atoms with van der Waals surface area (Å²) in [4.78, 5) is 4.09. The van der Waals surface area contributed by atoms with Gasteiger partial charge >= 0.3 is 0 Å². The van der Waals surface area contributed by atoms with E-state index in [1.54, 1.807) is 0 Å². The molecule has 1 unspecified atom stereocenters. The minimum absolute atomic E-state index is 0.328. The summed E-state index contributed by atoms with van der Waals surface area (Å²) in [6.45, 7) is 4.24. The third-order valence-electron chi connectivity index (χ3n) is 4.01. The monoisotopic (exact) mass is 267 g/mol. The van der Waals surface area contributed by atoms with E-state index >= 15 is 0 Å². The van der Waals surface area contributed by atoms with Crippen molar-refractivity contribution in [3.63, 3.8) is 0 Å². The first-order chi connectivity index (χ1) is 9.84. The lowest BCUT2D eigenvalue weighted by atomic mass is 9.98. The zero-order valence-corrected chi connectivity index (χ0v) is 11.8. The number of benzene rings is 1. The lowest BCUT2D eigenvalue weighted by Crippen LogP contribution is -2.26. The zero-order chi connectivity index (χ0) is 13.8. The lowest BCUT2D eigenvalue weighted by Gasteiger charge is -2.24. The third-order valence-corrected chi connectivity index (χ3v) is 4.01. The molecule has 0 radical (unpaired) electrons. The number of hydrogen-bond donors (Lipinski definition) is 2. The number of hydrogen-bond acceptors (Lipinski definition) is 3. The summed E-state index contributed by atoms with van der Waals surface area (Å²) in [6.07, 6.45) is 4.83. The fourth-order valence-corrected chi connectivity index (χ4v) is 2.88. The summed E-state index contributed by atoms with van der Waals surface area (Å²) in [6, 6.07) is 13.6. The Morgan fingerprint density at radius 1 is 1.20 bits per heavy atom. The number of nitrogens with one attached hydrogen (secondary N) is 2. The average Bonchev–Trinajstić information content (AvgIpc) is 2.71. The van der Waals surface area contributed by atoms with Crippen molar-refractivity contribution in [1.82, 2.24) is 15.6 Å². The molecular weight excluding hydrogens is 246 g/mol. The normalized spacial score (nSPS) is 19.9. The standard InChI is InChI=1S/C17H21N3/c1-13(14-6-9-18-10-7-14)20-17-8-11-19-12-15-4-2-3-5-16(15)17/h2-7,9-10,13,17,19-20H,8,11-12H2,1H3/t13-,17?/m1/s1. The van der Waals surface area contributed by atoms with Crippen LogP contribution in [0.3, 0.4) is 0 Å². The van der Waals surface area contributed by atoms with Crippen LogP contribution >= 0.6 is 0 Å². The van der Waals surface area contributed by atoms with Crippen molar-refractivity contribution in [3.05, 3.63) is 65.5 Å². The summed E-state index contributed by atoms with van der Waals surface area (Å²) >= 11 is 0. The van der Waals surface area contributed by atoms with Gasteiger partial charge in [0.2, 0.25) is 0 Å². The molecule has 0 aliphatic carbocycles. The van der Waals surface area contributed by atoms with Gasteiger partial charge in [0.25, 0.3) is 0 Å². The predicted octanol–water partition coefficient (Wildman–Crippen LogP) is 2.97. The largest absolute Gasteiger partial charge is 0.313 e. The van der Waals surface area contributed by atoms with Crippen LogP contribution in [0, 0.1) is 0 Å². The molecule has 2 N–H and O–H groups in total. The Balaban J connectivity index is 1.80. The van der Waals surface area contributed by atoms with E-state index in [0.717, 1.165) is 19.5 Å². The molecule has 1 aromatic heterocycles. The summed E-state index contributed by atoms with van der Waals surface area (Å²) in [5.41, 5.74) is 4.12. The second-order valence-corrected chi connectivity index (χ2v) is 5.39. The van der Waals surface area contributed by atoms with Crippen molar-refractivity contribution < 1.29 is 0 Å². The van der Waals surface area contributed by atoms with E-state index in [0.29, 0.717) is 12.1 Å². The highest BCUT2D eigenvalue weighted by Crippen LogP contribution is 2.26. The molecule has 0 amide bonds. The number of fused-ring (bicyclic) bond motifs is 1. The molecule has 0 saturated carbocycles. The molecule has 3 heteroatoms. The van der Waals surface area contributed by atoms with Crippen molar-refractivity contribution in [2.45, 2.75) is 32.0 Å². The first-order valence-electron chi connectivity index (χ1n) is 7.29. The summed E-state index contributed by atoms with van der Waals surface area (Å²) < 4.78 is 0. The van der Waals surface area contributed by atoms with Gasteiger partial charge < -0.3 is 10.6 Å². The molecule has 0 saturated heterocycles. The quantitative estimate of drug-likeness (QED) is 0.897. The Labute approximate surface area is 120 Å². The van der Waals surface area contributed by atoms with Crippen molar-refractivity contribution in [2.75, 3.05) is 6.54 Å². The number of pyridine rings is 1. The Kier molecular flexibility index (Phi) is 4.09. The van der Waals surface area contributed by atoms with E-state index in [2.05, 4.69) is 58.9 Å². The topological polar surface area (TPSA) is 37.0 Å². The molecule has 1 aromatic carbocycles. The van der Waals surface area contributed by atoms with Gasteiger partial charge in [-0.2, -0.15) is 0 Å². The lowest BCUT2D eigenvalue weighted by molar-refractivity contribution is 0.443. The molecule has 2 heterocycles. The van der Waals surface area contributed by atoms with E-state index in [9.17, 15) is 0 Å². The van der Waals surface area contributed by atoms with Gasteiger partial charge in [0.05, 0.1) is 0 Å². The van der Waals surface area contributed by atoms with E-state index in [1.807, 2.05) is 12.4 Å². The maximum Gasteiger partial charge on any atom is 0.0340 e. The first kappa shape index (κ1) is 13.3. The fourth-order valence-electron chi connectivity index (χ4n) is 2.88. The maximum absolute atomic E-state index is 4.09. The van der Waals surface area contributed by atoms with E-state index in [4.69, 9.17) is 0 Å². The highest BCUT2D eigenvalue weighted by atomic mass is 15.0. The van der Waals surface area contributed by atoms with Crippen LogP contribution in [0.2, 0.25) is 0 Å². The van der Waals surface area contributed by atoms with Gasteiger partial charge in [-0.25, -0.2) is 0 Å². The first-order valence-corrected chi connectivity index (χ1v) is 7.29. The van der Waals surface area contributed by atoms with Crippen molar-refractivity contribution in [2.24, 2.45) is 0 Å². The number of rotatable bonds is 3. The van der Waals surface area contributed by atoms with Crippen molar-refractivity contribution in [3.8, 4) is 0 Å². The van der Waals surface area contributed by atoms with Crippen LogP contribution < -0.4 is 10.6 Å². The van der Waals surface area contributed by atoms with Crippen LogP contribution in [0.25, 0.3) is 0 Å². The van der Waals surface area contributed by atoms with E-state index in [-0.39, 0.29) is 0 Å². The summed E-state index contributed by atoms with van der Waals surface area (Å²) in [5, 5.41) is 7.26. The average molecular weight is 267 g/mol. The van der Waals surface area contributed by atoms with Crippen molar-refractivity contribution >= 4 is 0 Å². The molecule has 0 fully saturated rings. The van der Waals surface area contributed by atoms with Gasteiger partial charge in [-0.05, 0) is 48.7 Å². The van der Waals surface area contributed by atoms with Gasteiger partial charge in [-0.15, -0.1) is 0 Å². The fraction of sp³-hybridized carbons (Fsp3) is 0.353. The van der Waals surface area contributed by atoms with Crippen LogP contribution in [-0.4, -0.2) is 11.5 Å². The van der Waals surface area contributed by atoms with Crippen LogP contribution in [0.15, 0.2) is 48.8 Å². The van der Waals surface area contributed by atoms with Crippen LogP contribution in [-0.2, 0) is 6.54 Å². The zero-order valence-electron chi connectivity index (χ0n) is 11.8. The van der Waals surface area contributed by atoms with Gasteiger partial charge in [-0.1, -0.05) is 24.3 Å². The molecule has 104 valence electrons.